The Morgan fingerprint density at radius 3 is 1.50 bits per heavy atom. The summed E-state index contributed by atoms with van der Waals surface area (Å²) in [6.07, 6.45) is 0. The molecule has 0 radical (unpaired) electrons. The summed E-state index contributed by atoms with van der Waals surface area (Å²) in [6.45, 7) is 0. The Morgan fingerprint density at radius 2 is 0.944 bits per heavy atom. The number of nitrogen functional groups attached to an aromatic ring is 2. The van der Waals surface area contributed by atoms with E-state index < -0.39 is 0 Å². The molecular formula is C31H24N4O. The van der Waals surface area contributed by atoms with Crippen molar-refractivity contribution in [1.82, 2.24) is 9.97 Å². The molecule has 0 unspecified atom stereocenters. The lowest BCUT2D eigenvalue weighted by molar-refractivity contribution is 0.483. The third-order valence-corrected chi connectivity index (χ3v) is 6.19. The van der Waals surface area contributed by atoms with Gasteiger partial charge in [-0.2, -0.15) is 0 Å². The van der Waals surface area contributed by atoms with Gasteiger partial charge < -0.3 is 21.2 Å². The number of fused-ring (bicyclic) bond motifs is 1. The maximum absolute atomic E-state index is 5.90. The predicted molar refractivity (Wildman–Crippen MR) is 148 cm³/mol. The average molecular weight is 469 g/mol. The number of aromatic nitrogens is 2. The molecule has 1 aromatic heterocycles. The summed E-state index contributed by atoms with van der Waals surface area (Å²) in [6, 6.07) is 38.2. The number of hydrogen-bond donors (Lipinski definition) is 3. The molecule has 1 heterocycles. The minimum absolute atomic E-state index is 0.717. The minimum atomic E-state index is 0.717. The van der Waals surface area contributed by atoms with Gasteiger partial charge in [-0.1, -0.05) is 60.7 Å². The van der Waals surface area contributed by atoms with Crippen LogP contribution in [0.2, 0.25) is 0 Å². The topological polar surface area (TPSA) is 89.9 Å². The fourth-order valence-electron chi connectivity index (χ4n) is 4.23. The van der Waals surface area contributed by atoms with E-state index in [-0.39, 0.29) is 0 Å². The molecule has 0 saturated carbocycles. The summed E-state index contributed by atoms with van der Waals surface area (Å²) < 4.78 is 5.90. The van der Waals surface area contributed by atoms with Gasteiger partial charge >= 0.3 is 0 Å². The lowest BCUT2D eigenvalue weighted by atomic mass is 9.99. The first-order valence-electron chi connectivity index (χ1n) is 11.7. The molecule has 5 N–H and O–H groups in total. The van der Waals surface area contributed by atoms with Crippen LogP contribution in [0.25, 0.3) is 44.7 Å². The van der Waals surface area contributed by atoms with E-state index in [0.29, 0.717) is 5.69 Å². The fraction of sp³-hybridized carbons (Fsp3) is 0. The van der Waals surface area contributed by atoms with E-state index in [1.54, 1.807) is 0 Å². The van der Waals surface area contributed by atoms with Crippen LogP contribution in [-0.4, -0.2) is 9.97 Å². The molecule has 0 amide bonds. The van der Waals surface area contributed by atoms with Gasteiger partial charge in [-0.05, 0) is 76.9 Å². The summed E-state index contributed by atoms with van der Waals surface area (Å²) in [5.41, 5.74) is 20.5. The van der Waals surface area contributed by atoms with E-state index in [4.69, 9.17) is 16.2 Å². The van der Waals surface area contributed by atoms with Crippen LogP contribution in [0.5, 0.6) is 11.5 Å². The number of H-pyrrole nitrogens is 1. The second-order valence-corrected chi connectivity index (χ2v) is 8.71. The number of imidazole rings is 1. The Hall–Kier alpha value is -5.03. The summed E-state index contributed by atoms with van der Waals surface area (Å²) in [7, 11) is 0. The molecule has 5 heteroatoms. The Labute approximate surface area is 209 Å². The van der Waals surface area contributed by atoms with Crippen LogP contribution in [0.4, 0.5) is 11.4 Å². The number of benzene rings is 5. The minimum Gasteiger partial charge on any atom is -0.457 e. The molecule has 6 rings (SSSR count). The standard InChI is InChI=1S/C31H24N4O/c32-25-11-16-28(17-12-25)36-27-14-9-23(10-15-27)21-3-1-20(2-4-21)22-5-7-24(8-6-22)31-34-29-18-13-26(33)19-30(29)35-31/h1-19H,32-33H2,(H,34,35). The van der Waals surface area contributed by atoms with Gasteiger partial charge in [-0.15, -0.1) is 0 Å². The molecule has 0 fully saturated rings. The summed E-state index contributed by atoms with van der Waals surface area (Å²) >= 11 is 0. The van der Waals surface area contributed by atoms with Crippen molar-refractivity contribution < 1.29 is 4.74 Å². The monoisotopic (exact) mass is 468 g/mol. The van der Waals surface area contributed by atoms with E-state index in [1.165, 1.54) is 0 Å². The van der Waals surface area contributed by atoms with Gasteiger partial charge in [0.2, 0.25) is 0 Å². The number of nitrogens with two attached hydrogens (primary N) is 2. The molecule has 5 nitrogen and oxygen atoms in total. The number of ether oxygens (including phenoxy) is 1. The second-order valence-electron chi connectivity index (χ2n) is 8.71. The number of aromatic amines is 1. The zero-order valence-corrected chi connectivity index (χ0v) is 19.5. The third kappa shape index (κ3) is 4.38. The molecule has 36 heavy (non-hydrogen) atoms. The quantitative estimate of drug-likeness (QED) is 0.228. The van der Waals surface area contributed by atoms with Crippen molar-refractivity contribution in [1.29, 1.82) is 0 Å². The number of anilines is 2. The number of hydrogen-bond acceptors (Lipinski definition) is 4. The van der Waals surface area contributed by atoms with Gasteiger partial charge in [-0.25, -0.2) is 4.98 Å². The Kier molecular flexibility index (Phi) is 5.35. The Morgan fingerprint density at radius 1 is 0.500 bits per heavy atom. The van der Waals surface area contributed by atoms with Gasteiger partial charge in [0.1, 0.15) is 17.3 Å². The predicted octanol–water partition coefficient (Wildman–Crippen LogP) is 7.52. The van der Waals surface area contributed by atoms with E-state index in [1.807, 2.05) is 54.6 Å². The Balaban J connectivity index is 1.17. The van der Waals surface area contributed by atoms with Crippen LogP contribution >= 0.6 is 0 Å². The van der Waals surface area contributed by atoms with E-state index in [2.05, 4.69) is 70.6 Å². The van der Waals surface area contributed by atoms with Gasteiger partial charge in [-0.3, -0.25) is 0 Å². The molecule has 0 atom stereocenters. The van der Waals surface area contributed by atoms with Gasteiger partial charge in [0.05, 0.1) is 11.0 Å². The zero-order chi connectivity index (χ0) is 24.5. The summed E-state index contributed by atoms with van der Waals surface area (Å²) in [5, 5.41) is 0. The first kappa shape index (κ1) is 21.5. The van der Waals surface area contributed by atoms with Crippen LogP contribution < -0.4 is 16.2 Å². The number of nitrogens with one attached hydrogen (secondary N) is 1. The lowest BCUT2D eigenvalue weighted by Gasteiger charge is -2.08. The van der Waals surface area contributed by atoms with Gasteiger partial charge in [0.15, 0.2) is 0 Å². The van der Waals surface area contributed by atoms with Crippen LogP contribution in [0.15, 0.2) is 115 Å². The highest BCUT2D eigenvalue weighted by Crippen LogP contribution is 2.30. The molecule has 174 valence electrons. The van der Waals surface area contributed by atoms with Crippen LogP contribution in [0, 0.1) is 0 Å². The maximum atomic E-state index is 5.90. The number of rotatable bonds is 5. The smallest absolute Gasteiger partial charge is 0.138 e. The van der Waals surface area contributed by atoms with Crippen molar-refractivity contribution in [2.45, 2.75) is 0 Å². The third-order valence-electron chi connectivity index (χ3n) is 6.19. The Bertz CT molecular complexity index is 1630. The largest absolute Gasteiger partial charge is 0.457 e. The summed E-state index contributed by atoms with van der Waals surface area (Å²) in [5.74, 6) is 2.38. The van der Waals surface area contributed by atoms with E-state index in [9.17, 15) is 0 Å². The highest BCUT2D eigenvalue weighted by Gasteiger charge is 2.07. The molecule has 0 aliphatic heterocycles. The van der Waals surface area contributed by atoms with Crippen molar-refractivity contribution in [2.75, 3.05) is 11.5 Å². The van der Waals surface area contributed by atoms with E-state index in [0.717, 1.165) is 61.9 Å². The molecule has 5 aromatic carbocycles. The normalized spacial score (nSPS) is 11.0. The molecule has 6 aromatic rings. The average Bonchev–Trinajstić information content (AvgIpc) is 3.34. The van der Waals surface area contributed by atoms with Crippen LogP contribution in [0.3, 0.4) is 0 Å². The first-order chi connectivity index (χ1) is 17.6. The highest BCUT2D eigenvalue weighted by atomic mass is 16.5. The fourth-order valence-corrected chi connectivity index (χ4v) is 4.23. The van der Waals surface area contributed by atoms with Crippen molar-refractivity contribution >= 4 is 22.4 Å². The molecular weight excluding hydrogens is 444 g/mol. The lowest BCUT2D eigenvalue weighted by Crippen LogP contribution is -1.87. The van der Waals surface area contributed by atoms with Crippen molar-refractivity contribution in [3.05, 3.63) is 115 Å². The van der Waals surface area contributed by atoms with Crippen molar-refractivity contribution in [3.63, 3.8) is 0 Å². The maximum Gasteiger partial charge on any atom is 0.138 e. The second kappa shape index (κ2) is 8.96. The van der Waals surface area contributed by atoms with Crippen molar-refractivity contribution in [3.8, 4) is 45.1 Å². The molecule has 0 spiro atoms. The van der Waals surface area contributed by atoms with Gasteiger partial charge in [0.25, 0.3) is 0 Å². The summed E-state index contributed by atoms with van der Waals surface area (Å²) in [4.78, 5) is 8.03. The SMILES string of the molecule is Nc1ccc(Oc2ccc(-c3ccc(-c4ccc(-c5nc6ccc(N)cc6[nH]5)cc4)cc3)cc2)cc1. The van der Waals surface area contributed by atoms with Crippen molar-refractivity contribution in [2.24, 2.45) is 0 Å². The number of nitrogens with zero attached hydrogens (tertiary/aromatic N) is 1. The molecule has 0 aliphatic carbocycles. The van der Waals surface area contributed by atoms with Crippen LogP contribution in [-0.2, 0) is 0 Å². The molecule has 0 bridgehead atoms. The van der Waals surface area contributed by atoms with E-state index >= 15 is 0 Å². The van der Waals surface area contributed by atoms with Gasteiger partial charge in [0, 0.05) is 16.9 Å². The highest BCUT2D eigenvalue weighted by molar-refractivity contribution is 5.82. The first-order valence-corrected chi connectivity index (χ1v) is 11.7. The molecule has 0 aliphatic rings. The zero-order valence-electron chi connectivity index (χ0n) is 19.5. The molecule has 0 saturated heterocycles. The van der Waals surface area contributed by atoms with Crippen LogP contribution in [0.1, 0.15) is 0 Å².